The molecule has 0 radical (unpaired) electrons. The zero-order chi connectivity index (χ0) is 23.4. The Labute approximate surface area is 201 Å². The van der Waals surface area contributed by atoms with Crippen molar-refractivity contribution in [2.24, 2.45) is 5.92 Å². The van der Waals surface area contributed by atoms with E-state index in [0.717, 1.165) is 43.6 Å². The lowest BCUT2D eigenvalue weighted by molar-refractivity contribution is -0.131. The Morgan fingerprint density at radius 1 is 1.06 bits per heavy atom. The Kier molecular flexibility index (Phi) is 5.09. The average molecular weight is 454 g/mol. The van der Waals surface area contributed by atoms with E-state index in [0.29, 0.717) is 5.92 Å². The second-order valence-electron chi connectivity index (χ2n) is 10.2. The van der Waals surface area contributed by atoms with Crippen LogP contribution in [0.2, 0.25) is 0 Å². The van der Waals surface area contributed by atoms with Crippen LogP contribution in [0.5, 0.6) is 0 Å². The van der Waals surface area contributed by atoms with E-state index >= 15 is 0 Å². The van der Waals surface area contributed by atoms with Gasteiger partial charge < -0.3 is 14.7 Å². The van der Waals surface area contributed by atoms with Crippen molar-refractivity contribution < 1.29 is 9.59 Å². The smallest absolute Gasteiger partial charge is 0.235 e. The Balaban J connectivity index is 1.20. The van der Waals surface area contributed by atoms with Gasteiger partial charge in [0.05, 0.1) is 5.92 Å². The van der Waals surface area contributed by atoms with Crippen molar-refractivity contribution in [2.45, 2.75) is 37.6 Å². The van der Waals surface area contributed by atoms with Gasteiger partial charge in [0.25, 0.3) is 0 Å². The summed E-state index contributed by atoms with van der Waals surface area (Å²) < 4.78 is 0. The quantitative estimate of drug-likeness (QED) is 0.682. The van der Waals surface area contributed by atoms with Crippen LogP contribution in [0.25, 0.3) is 0 Å². The molecule has 2 heterocycles. The zero-order valence-electron chi connectivity index (χ0n) is 19.9. The van der Waals surface area contributed by atoms with E-state index in [-0.39, 0.29) is 30.2 Å². The molecule has 6 rings (SSSR count). The summed E-state index contributed by atoms with van der Waals surface area (Å²) in [6, 6.07) is 8.22. The third kappa shape index (κ3) is 3.29. The molecular weight excluding hydrogens is 422 g/mol. The molecule has 2 aliphatic heterocycles. The maximum Gasteiger partial charge on any atom is 0.235 e. The summed E-state index contributed by atoms with van der Waals surface area (Å²) in [7, 11) is 3.50. The SMILES string of the molecule is CN(C)C(=O)CC1C(=O)N(C2CCN(C3=C4C=CC=C5C=CC=C(C3)C54)CC2)c2ccccc21. The van der Waals surface area contributed by atoms with Crippen LogP contribution in [-0.2, 0) is 9.59 Å². The number of fused-ring (bicyclic) bond motifs is 1. The number of allylic oxidation sites excluding steroid dienone is 9. The molecule has 2 atom stereocenters. The Bertz CT molecular complexity index is 1210. The molecule has 5 nitrogen and oxygen atoms in total. The van der Waals surface area contributed by atoms with Gasteiger partial charge in [0.15, 0.2) is 0 Å². The van der Waals surface area contributed by atoms with Crippen molar-refractivity contribution in [1.82, 2.24) is 9.80 Å². The van der Waals surface area contributed by atoms with Crippen LogP contribution in [0.4, 0.5) is 5.69 Å². The second-order valence-corrected chi connectivity index (χ2v) is 10.2. The molecule has 0 saturated carbocycles. The monoisotopic (exact) mass is 453 g/mol. The molecule has 1 aromatic carbocycles. The summed E-state index contributed by atoms with van der Waals surface area (Å²) in [5.74, 6) is 0.150. The van der Waals surface area contributed by atoms with Gasteiger partial charge in [-0.2, -0.15) is 0 Å². The molecule has 2 amide bonds. The van der Waals surface area contributed by atoms with Crippen molar-refractivity contribution >= 4 is 17.5 Å². The van der Waals surface area contributed by atoms with Crippen molar-refractivity contribution in [2.75, 3.05) is 32.1 Å². The van der Waals surface area contributed by atoms with Gasteiger partial charge in [0, 0.05) is 63.4 Å². The lowest BCUT2D eigenvalue weighted by Gasteiger charge is -2.39. The van der Waals surface area contributed by atoms with Crippen molar-refractivity contribution in [1.29, 1.82) is 0 Å². The van der Waals surface area contributed by atoms with E-state index in [1.54, 1.807) is 19.0 Å². The highest BCUT2D eigenvalue weighted by Crippen LogP contribution is 2.48. The minimum Gasteiger partial charge on any atom is -0.374 e. The summed E-state index contributed by atoms with van der Waals surface area (Å²) in [4.78, 5) is 32.2. The van der Waals surface area contributed by atoms with Crippen molar-refractivity contribution in [3.63, 3.8) is 0 Å². The number of anilines is 1. The van der Waals surface area contributed by atoms with Crippen LogP contribution in [0.15, 0.2) is 83.1 Å². The minimum atomic E-state index is -0.371. The molecule has 0 bridgehead atoms. The Hall–Kier alpha value is -3.34. The summed E-state index contributed by atoms with van der Waals surface area (Å²) in [5.41, 5.74) is 7.82. The van der Waals surface area contributed by atoms with Crippen LogP contribution in [0, 0.1) is 5.92 Å². The first-order valence-electron chi connectivity index (χ1n) is 12.4. The number of likely N-dealkylation sites (tertiary alicyclic amines) is 1. The molecule has 3 aliphatic carbocycles. The van der Waals surface area contributed by atoms with E-state index in [1.807, 2.05) is 29.2 Å². The summed E-state index contributed by atoms with van der Waals surface area (Å²) >= 11 is 0. The molecule has 2 unspecified atom stereocenters. The second kappa shape index (κ2) is 8.15. The van der Waals surface area contributed by atoms with E-state index in [9.17, 15) is 9.59 Å². The van der Waals surface area contributed by atoms with Crippen molar-refractivity contribution in [3.8, 4) is 0 Å². The molecule has 5 aliphatic rings. The number of hydrogen-bond acceptors (Lipinski definition) is 3. The molecule has 0 aromatic heterocycles. The van der Waals surface area contributed by atoms with E-state index < -0.39 is 0 Å². The van der Waals surface area contributed by atoms with Crippen LogP contribution in [0.3, 0.4) is 0 Å². The number of piperidine rings is 1. The molecule has 1 saturated heterocycles. The number of rotatable bonds is 4. The minimum absolute atomic E-state index is 0.00121. The van der Waals surface area contributed by atoms with Gasteiger partial charge in [0.1, 0.15) is 0 Å². The maximum absolute atomic E-state index is 13.6. The summed E-state index contributed by atoms with van der Waals surface area (Å²) in [6.45, 7) is 1.91. The number of benzene rings is 1. The van der Waals surface area contributed by atoms with Gasteiger partial charge in [-0.15, -0.1) is 0 Å². The molecule has 0 spiro atoms. The molecule has 0 N–H and O–H groups in total. The summed E-state index contributed by atoms with van der Waals surface area (Å²) in [5, 5.41) is 0. The molecule has 174 valence electrons. The lowest BCUT2D eigenvalue weighted by atomic mass is 9.82. The number of carbonyl (C=O) groups excluding carboxylic acids is 2. The first-order chi connectivity index (χ1) is 16.5. The number of para-hydroxylation sites is 1. The van der Waals surface area contributed by atoms with Crippen molar-refractivity contribution in [3.05, 3.63) is 88.7 Å². The van der Waals surface area contributed by atoms with Gasteiger partial charge in [-0.25, -0.2) is 0 Å². The normalized spacial score (nSPS) is 25.4. The van der Waals surface area contributed by atoms with Gasteiger partial charge >= 0.3 is 0 Å². The number of carbonyl (C=O) groups is 2. The van der Waals surface area contributed by atoms with Gasteiger partial charge in [0.2, 0.25) is 11.8 Å². The molecule has 5 heteroatoms. The fourth-order valence-corrected chi connectivity index (χ4v) is 6.34. The van der Waals surface area contributed by atoms with Crippen LogP contribution >= 0.6 is 0 Å². The third-order valence-corrected chi connectivity index (χ3v) is 8.08. The lowest BCUT2D eigenvalue weighted by Crippen LogP contribution is -2.46. The van der Waals surface area contributed by atoms with Gasteiger partial charge in [-0.3, -0.25) is 9.59 Å². The highest BCUT2D eigenvalue weighted by molar-refractivity contribution is 6.07. The van der Waals surface area contributed by atoms with Crippen LogP contribution in [-0.4, -0.2) is 54.8 Å². The average Bonchev–Trinajstić information content (AvgIpc) is 3.36. The maximum atomic E-state index is 13.6. The van der Waals surface area contributed by atoms with Crippen LogP contribution < -0.4 is 4.90 Å². The zero-order valence-corrected chi connectivity index (χ0v) is 19.9. The van der Waals surface area contributed by atoms with Gasteiger partial charge in [-0.05, 0) is 35.6 Å². The van der Waals surface area contributed by atoms with E-state index in [1.165, 1.54) is 22.4 Å². The molecule has 1 aromatic rings. The standard InChI is InChI=1S/C29H31N3O2/c1-30(2)27(33)18-24-22-10-3-4-12-25(22)32(29(24)34)21-13-15-31(16-14-21)26-17-20-9-5-7-19-8-6-11-23(26)28(19)20/h3-12,21,24,28H,13-18H2,1-2H3. The fourth-order valence-electron chi connectivity index (χ4n) is 6.34. The highest BCUT2D eigenvalue weighted by Gasteiger charge is 2.43. The number of amides is 2. The Morgan fingerprint density at radius 3 is 2.62 bits per heavy atom. The first kappa shape index (κ1) is 21.2. The molecule has 34 heavy (non-hydrogen) atoms. The highest BCUT2D eigenvalue weighted by atomic mass is 16.2. The molecule has 1 fully saturated rings. The molecular formula is C29H31N3O2. The topological polar surface area (TPSA) is 43.9 Å². The third-order valence-electron chi connectivity index (χ3n) is 8.08. The largest absolute Gasteiger partial charge is 0.374 e. The van der Waals surface area contributed by atoms with Gasteiger partial charge in [-0.1, -0.05) is 60.2 Å². The summed E-state index contributed by atoms with van der Waals surface area (Å²) in [6.07, 6.45) is 16.6. The number of hydrogen-bond donors (Lipinski definition) is 0. The fraction of sp³-hybridized carbons (Fsp3) is 0.379. The van der Waals surface area contributed by atoms with Crippen LogP contribution in [0.1, 0.15) is 37.2 Å². The number of nitrogens with zero attached hydrogens (tertiary/aromatic N) is 3. The predicted octanol–water partition coefficient (Wildman–Crippen LogP) is 4.33. The first-order valence-corrected chi connectivity index (χ1v) is 12.4. The predicted molar refractivity (Wildman–Crippen MR) is 134 cm³/mol. The Morgan fingerprint density at radius 2 is 1.82 bits per heavy atom. The van der Waals surface area contributed by atoms with E-state index in [2.05, 4.69) is 41.4 Å². The van der Waals surface area contributed by atoms with E-state index in [4.69, 9.17) is 0 Å².